The molecule has 3 aromatic carbocycles. The van der Waals surface area contributed by atoms with Gasteiger partial charge in [-0.3, -0.25) is 0 Å². The second-order valence-electron chi connectivity index (χ2n) is 5.03. The maximum atomic E-state index is 3.45. The van der Waals surface area contributed by atoms with Gasteiger partial charge in [-0.05, 0) is 24.3 Å². The Bertz CT molecular complexity index is 744. The van der Waals surface area contributed by atoms with Crippen LogP contribution < -0.4 is 10.9 Å². The molecule has 22 heavy (non-hydrogen) atoms. The summed E-state index contributed by atoms with van der Waals surface area (Å²) in [5, 5.41) is 0. The minimum Gasteiger partial charge on any atom is -0.137 e. The van der Waals surface area contributed by atoms with Crippen molar-refractivity contribution in [1.29, 1.82) is 0 Å². The summed E-state index contributed by atoms with van der Waals surface area (Å²) in [5.74, 6) is 6.72. The first-order valence-corrected chi connectivity index (χ1v) is 7.99. The van der Waals surface area contributed by atoms with Crippen LogP contribution in [0.15, 0.2) is 89.4 Å². The molecule has 0 N–H and O–H groups in total. The maximum absolute atomic E-state index is 3.45. The molecule has 3 aromatic rings. The zero-order chi connectivity index (χ0) is 15.2. The molecular formula is C20H14BBr. The lowest BCUT2D eigenvalue weighted by Gasteiger charge is -2.07. The van der Waals surface area contributed by atoms with Crippen molar-refractivity contribution in [3.63, 3.8) is 0 Å². The second kappa shape index (κ2) is 7.16. The van der Waals surface area contributed by atoms with Crippen LogP contribution >= 0.6 is 15.9 Å². The van der Waals surface area contributed by atoms with E-state index in [9.17, 15) is 0 Å². The number of benzene rings is 3. The third kappa shape index (κ3) is 3.69. The molecule has 0 saturated carbocycles. The van der Waals surface area contributed by atoms with Crippen LogP contribution in [0.25, 0.3) is 0 Å². The summed E-state index contributed by atoms with van der Waals surface area (Å²) in [5.41, 5.74) is 3.47. The highest BCUT2D eigenvalue weighted by atomic mass is 79.9. The molecule has 0 unspecified atom stereocenters. The highest BCUT2D eigenvalue weighted by Crippen LogP contribution is 2.09. The van der Waals surface area contributed by atoms with E-state index in [0.29, 0.717) is 0 Å². The van der Waals surface area contributed by atoms with E-state index in [2.05, 4.69) is 76.2 Å². The van der Waals surface area contributed by atoms with E-state index in [1.165, 1.54) is 10.9 Å². The average Bonchev–Trinajstić information content (AvgIpc) is 2.59. The van der Waals surface area contributed by atoms with Crippen molar-refractivity contribution >= 4 is 33.6 Å². The number of hydrogen-bond donors (Lipinski definition) is 0. The average molecular weight is 345 g/mol. The van der Waals surface area contributed by atoms with Gasteiger partial charge in [-0.1, -0.05) is 93.4 Å². The van der Waals surface area contributed by atoms with Gasteiger partial charge in [0.05, 0.1) is 0 Å². The van der Waals surface area contributed by atoms with Gasteiger partial charge in [0, 0.05) is 10.0 Å². The van der Waals surface area contributed by atoms with Crippen LogP contribution in [-0.4, -0.2) is 6.71 Å². The Morgan fingerprint density at radius 2 is 1.14 bits per heavy atom. The molecule has 0 radical (unpaired) electrons. The zero-order valence-electron chi connectivity index (χ0n) is 12.0. The van der Waals surface area contributed by atoms with Crippen molar-refractivity contribution in [1.82, 2.24) is 0 Å². The fourth-order valence-corrected chi connectivity index (χ4v) is 2.60. The van der Waals surface area contributed by atoms with Crippen molar-refractivity contribution in [2.45, 2.75) is 0 Å². The molecule has 104 valence electrons. The van der Waals surface area contributed by atoms with Gasteiger partial charge in [0.2, 0.25) is 0 Å². The summed E-state index contributed by atoms with van der Waals surface area (Å²) in [6.45, 7) is 0.0889. The SMILES string of the molecule is Brc1ccc(C#CB(c2ccccc2)c2ccccc2)cc1. The third-order valence-electron chi connectivity index (χ3n) is 3.47. The predicted molar refractivity (Wildman–Crippen MR) is 98.9 cm³/mol. The first-order valence-electron chi connectivity index (χ1n) is 7.20. The second-order valence-corrected chi connectivity index (χ2v) is 5.95. The largest absolute Gasteiger partial charge is 0.296 e. The van der Waals surface area contributed by atoms with Crippen molar-refractivity contribution in [3.05, 3.63) is 95.0 Å². The van der Waals surface area contributed by atoms with Crippen molar-refractivity contribution in [2.75, 3.05) is 0 Å². The molecule has 3 rings (SSSR count). The minimum atomic E-state index is 0.0889. The molecule has 0 aliphatic carbocycles. The molecule has 0 bridgehead atoms. The molecule has 0 spiro atoms. The molecule has 0 atom stereocenters. The fourth-order valence-electron chi connectivity index (χ4n) is 2.34. The summed E-state index contributed by atoms with van der Waals surface area (Å²) >= 11 is 3.45. The zero-order valence-corrected chi connectivity index (χ0v) is 13.6. The van der Waals surface area contributed by atoms with E-state index in [1.54, 1.807) is 0 Å². The quantitative estimate of drug-likeness (QED) is 0.491. The van der Waals surface area contributed by atoms with Crippen LogP contribution in [0.2, 0.25) is 0 Å². The molecule has 0 fully saturated rings. The molecule has 0 heterocycles. The lowest BCUT2D eigenvalue weighted by molar-refractivity contribution is 1.61. The first-order chi connectivity index (χ1) is 10.8. The van der Waals surface area contributed by atoms with Crippen LogP contribution in [0.5, 0.6) is 0 Å². The van der Waals surface area contributed by atoms with Crippen LogP contribution in [0.4, 0.5) is 0 Å². The molecule has 0 aliphatic heterocycles. The monoisotopic (exact) mass is 344 g/mol. The van der Waals surface area contributed by atoms with Crippen molar-refractivity contribution in [2.24, 2.45) is 0 Å². The fraction of sp³-hybridized carbons (Fsp3) is 0. The molecule has 0 aliphatic rings. The van der Waals surface area contributed by atoms with Crippen molar-refractivity contribution < 1.29 is 0 Å². The summed E-state index contributed by atoms with van der Waals surface area (Å²) in [6.07, 6.45) is 0. The van der Waals surface area contributed by atoms with Gasteiger partial charge in [0.15, 0.2) is 0 Å². The normalized spacial score (nSPS) is 9.68. The molecular weight excluding hydrogens is 331 g/mol. The lowest BCUT2D eigenvalue weighted by atomic mass is 9.41. The molecule has 0 amide bonds. The highest BCUT2D eigenvalue weighted by molar-refractivity contribution is 9.10. The van der Waals surface area contributed by atoms with Crippen LogP contribution in [0, 0.1) is 11.7 Å². The Hall–Kier alpha value is -2.24. The Kier molecular flexibility index (Phi) is 4.78. The molecule has 0 aromatic heterocycles. The first kappa shape index (κ1) is 14.7. The van der Waals surface area contributed by atoms with Crippen molar-refractivity contribution in [3.8, 4) is 11.7 Å². The van der Waals surface area contributed by atoms with E-state index in [-0.39, 0.29) is 6.71 Å². The van der Waals surface area contributed by atoms with Gasteiger partial charge in [-0.15, -0.1) is 5.82 Å². The standard InChI is InChI=1S/C20H14BBr/c22-20-13-11-17(12-14-20)15-16-21(18-7-3-1-4-8-18)19-9-5-2-6-10-19/h1-14H. The summed E-state index contributed by atoms with van der Waals surface area (Å²) in [7, 11) is 0. The van der Waals surface area contributed by atoms with E-state index >= 15 is 0 Å². The molecule has 2 heteroatoms. The predicted octanol–water partition coefficient (Wildman–Crippen LogP) is 3.65. The Labute approximate surface area is 140 Å². The van der Waals surface area contributed by atoms with E-state index < -0.39 is 0 Å². The van der Waals surface area contributed by atoms with Gasteiger partial charge >= 0.3 is 0 Å². The van der Waals surface area contributed by atoms with Crippen LogP contribution in [0.1, 0.15) is 5.56 Å². The van der Waals surface area contributed by atoms with E-state index in [1.807, 2.05) is 36.4 Å². The summed E-state index contributed by atoms with van der Waals surface area (Å²) in [4.78, 5) is 0. The highest BCUT2D eigenvalue weighted by Gasteiger charge is 2.15. The topological polar surface area (TPSA) is 0 Å². The summed E-state index contributed by atoms with van der Waals surface area (Å²) in [6, 6.07) is 29.0. The number of hydrogen-bond acceptors (Lipinski definition) is 0. The molecule has 0 nitrogen and oxygen atoms in total. The smallest absolute Gasteiger partial charge is 0.137 e. The number of rotatable bonds is 2. The van der Waals surface area contributed by atoms with E-state index in [0.717, 1.165) is 10.0 Å². The van der Waals surface area contributed by atoms with Crippen LogP contribution in [0.3, 0.4) is 0 Å². The lowest BCUT2D eigenvalue weighted by Crippen LogP contribution is -2.41. The van der Waals surface area contributed by atoms with Gasteiger partial charge in [-0.2, -0.15) is 0 Å². The molecule has 0 saturated heterocycles. The Morgan fingerprint density at radius 1 is 0.636 bits per heavy atom. The van der Waals surface area contributed by atoms with Gasteiger partial charge < -0.3 is 0 Å². The third-order valence-corrected chi connectivity index (χ3v) is 4.00. The van der Waals surface area contributed by atoms with Gasteiger partial charge in [0.1, 0.15) is 0 Å². The van der Waals surface area contributed by atoms with E-state index in [4.69, 9.17) is 0 Å². The van der Waals surface area contributed by atoms with Crippen LogP contribution in [-0.2, 0) is 0 Å². The summed E-state index contributed by atoms with van der Waals surface area (Å²) < 4.78 is 1.07. The Morgan fingerprint density at radius 3 is 1.64 bits per heavy atom. The van der Waals surface area contributed by atoms with Gasteiger partial charge in [-0.25, -0.2) is 0 Å². The minimum absolute atomic E-state index is 0.0889. The maximum Gasteiger partial charge on any atom is 0.296 e. The number of halogens is 1. The van der Waals surface area contributed by atoms with Gasteiger partial charge in [0.25, 0.3) is 6.71 Å². The Balaban J connectivity index is 1.98.